The maximum absolute atomic E-state index is 15.4. The number of imide groups is 1. The summed E-state index contributed by atoms with van der Waals surface area (Å²) >= 11 is 0. The molecule has 0 spiro atoms. The van der Waals surface area contributed by atoms with Crippen LogP contribution < -0.4 is 0 Å². The average Bonchev–Trinajstić information content (AvgIpc) is 3.24. The minimum atomic E-state index is -1.35. The molecule has 0 aliphatic carbocycles. The number of fused-ring (bicyclic) bond motifs is 2. The maximum atomic E-state index is 15.4. The molecule has 150 valence electrons. The number of carbonyl (C=O) groups is 3. The predicted octanol–water partition coefficient (Wildman–Crippen LogP) is 2.45. The second kappa shape index (κ2) is 6.82. The molecule has 0 saturated carbocycles. The molecule has 9 heteroatoms. The predicted molar refractivity (Wildman–Crippen MR) is 104 cm³/mol. The van der Waals surface area contributed by atoms with Crippen LogP contribution in [-0.4, -0.2) is 44.8 Å². The Hall–Kier alpha value is -2.97. The molecule has 0 radical (unpaired) electrons. The van der Waals surface area contributed by atoms with E-state index >= 15 is 4.32 Å². The summed E-state index contributed by atoms with van der Waals surface area (Å²) in [7, 11) is -1.35. The molecule has 4 rings (SSSR count). The summed E-state index contributed by atoms with van der Waals surface area (Å²) in [4.78, 5) is 40.6. The van der Waals surface area contributed by atoms with E-state index in [9.17, 15) is 14.4 Å². The molecule has 3 aliphatic heterocycles. The third kappa shape index (κ3) is 2.96. The number of hydrogen-bond donors (Lipinski definition) is 0. The molecule has 2 amide bonds. The first-order valence-electron chi connectivity index (χ1n) is 9.64. The quantitative estimate of drug-likeness (QED) is 0.577. The SMILES string of the molecule is CC1=CC(C)=[N+]2B(F)n3c(C)cc(C)c3C(CCC(=O)ON3C(=O)CCC3=O)=C12. The number of amides is 2. The molecule has 29 heavy (non-hydrogen) atoms. The minimum absolute atomic E-state index is 0.0311. The molecule has 1 aromatic rings. The number of rotatable bonds is 4. The Balaban J connectivity index is 1.66. The van der Waals surface area contributed by atoms with Crippen LogP contribution in [0, 0.1) is 13.8 Å². The van der Waals surface area contributed by atoms with E-state index in [4.69, 9.17) is 4.84 Å². The van der Waals surface area contributed by atoms with Crippen LogP contribution >= 0.6 is 0 Å². The number of halogens is 1. The van der Waals surface area contributed by atoms with Crippen LogP contribution in [0.2, 0.25) is 0 Å². The van der Waals surface area contributed by atoms with Gasteiger partial charge in [-0.05, 0) is 38.8 Å². The van der Waals surface area contributed by atoms with Crippen LogP contribution in [0.25, 0.3) is 5.57 Å². The Morgan fingerprint density at radius 3 is 2.52 bits per heavy atom. The van der Waals surface area contributed by atoms with Crippen LogP contribution in [0.3, 0.4) is 0 Å². The lowest BCUT2D eigenvalue weighted by Gasteiger charge is -2.22. The summed E-state index contributed by atoms with van der Waals surface area (Å²) in [6, 6.07) is 1.93. The molecule has 4 heterocycles. The number of nitrogens with zero attached hydrogens (tertiary/aromatic N) is 3. The molecule has 0 bridgehead atoms. The summed E-state index contributed by atoms with van der Waals surface area (Å²) in [6.07, 6.45) is 2.31. The first kappa shape index (κ1) is 19.4. The van der Waals surface area contributed by atoms with Gasteiger partial charge >= 0.3 is 13.2 Å². The zero-order chi connectivity index (χ0) is 21.0. The maximum Gasteiger partial charge on any atom is 0.846 e. The van der Waals surface area contributed by atoms with Gasteiger partial charge in [0.2, 0.25) is 0 Å². The minimum Gasteiger partial charge on any atom is -0.330 e. The van der Waals surface area contributed by atoms with Crippen LogP contribution in [0.1, 0.15) is 56.5 Å². The van der Waals surface area contributed by atoms with Gasteiger partial charge in [-0.3, -0.25) is 14.1 Å². The third-order valence-corrected chi connectivity index (χ3v) is 5.62. The fourth-order valence-corrected chi connectivity index (χ4v) is 4.45. The highest BCUT2D eigenvalue weighted by Crippen LogP contribution is 2.39. The molecular formula is C20H22BFN3O4+. The van der Waals surface area contributed by atoms with Gasteiger partial charge in [0, 0.05) is 48.4 Å². The highest BCUT2D eigenvalue weighted by atomic mass is 19.1. The van der Waals surface area contributed by atoms with E-state index in [0.717, 1.165) is 39.5 Å². The normalized spacial score (nSPS) is 18.6. The Kier molecular flexibility index (Phi) is 4.55. The first-order valence-corrected chi connectivity index (χ1v) is 9.64. The van der Waals surface area contributed by atoms with Gasteiger partial charge in [-0.2, -0.15) is 0 Å². The lowest BCUT2D eigenvalue weighted by atomic mass is 9.88. The molecule has 1 saturated heterocycles. The van der Waals surface area contributed by atoms with Crippen molar-refractivity contribution >= 4 is 36.3 Å². The molecule has 0 aromatic carbocycles. The number of aromatic nitrogens is 1. The highest BCUT2D eigenvalue weighted by molar-refractivity contribution is 6.43. The van der Waals surface area contributed by atoms with E-state index in [-0.39, 0.29) is 19.3 Å². The zero-order valence-electron chi connectivity index (χ0n) is 16.9. The number of hydroxylamine groups is 2. The van der Waals surface area contributed by atoms with Crippen molar-refractivity contribution in [3.63, 3.8) is 0 Å². The summed E-state index contributed by atoms with van der Waals surface area (Å²) in [6.45, 7) is 7.56. The summed E-state index contributed by atoms with van der Waals surface area (Å²) in [5.74, 6) is -1.67. The van der Waals surface area contributed by atoms with E-state index in [1.807, 2.05) is 39.8 Å². The number of hydrogen-bond acceptors (Lipinski definition) is 4. The largest absolute Gasteiger partial charge is 0.846 e. The topological polar surface area (TPSA) is 71.6 Å². The Morgan fingerprint density at radius 2 is 1.86 bits per heavy atom. The van der Waals surface area contributed by atoms with Crippen LogP contribution in [-0.2, 0) is 19.2 Å². The van der Waals surface area contributed by atoms with Crippen molar-refractivity contribution in [2.45, 2.75) is 53.4 Å². The summed E-state index contributed by atoms with van der Waals surface area (Å²) in [5, 5.41) is 0.557. The average molecular weight is 398 g/mol. The number of carbonyl (C=O) groups excluding carboxylic acids is 3. The second-order valence-corrected chi connectivity index (χ2v) is 7.71. The van der Waals surface area contributed by atoms with Crippen LogP contribution in [0.4, 0.5) is 4.32 Å². The van der Waals surface area contributed by atoms with Crippen LogP contribution in [0.5, 0.6) is 0 Å². The van der Waals surface area contributed by atoms with Gasteiger partial charge in [0.1, 0.15) is 0 Å². The Bertz CT molecular complexity index is 1050. The van der Waals surface area contributed by atoms with Gasteiger partial charge in [-0.1, -0.05) is 0 Å². The van der Waals surface area contributed by atoms with E-state index in [2.05, 4.69) is 0 Å². The van der Waals surface area contributed by atoms with E-state index < -0.39 is 25.0 Å². The van der Waals surface area contributed by atoms with Crippen LogP contribution in [0.15, 0.2) is 23.4 Å². The molecule has 3 aliphatic rings. The van der Waals surface area contributed by atoms with Crippen molar-refractivity contribution in [3.05, 3.63) is 40.4 Å². The number of aryl methyl sites for hydroxylation is 2. The molecule has 1 aromatic heterocycles. The second-order valence-electron chi connectivity index (χ2n) is 7.71. The molecule has 7 nitrogen and oxygen atoms in total. The first-order chi connectivity index (χ1) is 13.7. The standard InChI is InChI=1S/C20H22BFN3O4/c1-11-9-13(3)23-19(11)15(20-12(2)10-14(4)24(20)21(23)22)5-8-18(28)29-25-16(26)6-7-17(25)27/h9-10H,5-8H2,1-4H3/q+1. The van der Waals surface area contributed by atoms with Gasteiger partial charge in [0.25, 0.3) is 11.8 Å². The van der Waals surface area contributed by atoms with Gasteiger partial charge in [-0.15, -0.1) is 5.06 Å². The fourth-order valence-electron chi connectivity index (χ4n) is 4.45. The molecular weight excluding hydrogens is 376 g/mol. The van der Waals surface area contributed by atoms with Crippen molar-refractivity contribution in [1.82, 2.24) is 9.54 Å². The third-order valence-electron chi connectivity index (χ3n) is 5.62. The smallest absolute Gasteiger partial charge is 0.330 e. The number of allylic oxidation sites excluding steroid dienone is 3. The molecule has 0 atom stereocenters. The van der Waals surface area contributed by atoms with Crippen molar-refractivity contribution in [1.29, 1.82) is 0 Å². The summed E-state index contributed by atoms with van der Waals surface area (Å²) in [5.41, 5.74) is 5.86. The highest BCUT2D eigenvalue weighted by Gasteiger charge is 2.51. The van der Waals surface area contributed by atoms with E-state index in [1.54, 1.807) is 8.96 Å². The van der Waals surface area contributed by atoms with Gasteiger partial charge < -0.3 is 4.84 Å². The fraction of sp³-hybridized carbons (Fsp3) is 0.400. The van der Waals surface area contributed by atoms with E-state index in [1.165, 1.54) is 0 Å². The zero-order valence-corrected chi connectivity index (χ0v) is 16.9. The van der Waals surface area contributed by atoms with Crippen molar-refractivity contribution < 1.29 is 28.0 Å². The van der Waals surface area contributed by atoms with Gasteiger partial charge in [-0.25, -0.2) is 13.6 Å². The van der Waals surface area contributed by atoms with Crippen molar-refractivity contribution in [2.24, 2.45) is 0 Å². The molecule has 1 fully saturated rings. The molecule has 0 unspecified atom stereocenters. The van der Waals surface area contributed by atoms with E-state index in [0.29, 0.717) is 11.5 Å². The Labute approximate surface area is 168 Å². The monoisotopic (exact) mass is 398 g/mol. The van der Waals surface area contributed by atoms with Crippen molar-refractivity contribution in [3.8, 4) is 0 Å². The van der Waals surface area contributed by atoms with Gasteiger partial charge in [0.15, 0.2) is 11.4 Å². The lowest BCUT2D eigenvalue weighted by molar-refractivity contribution is -0.337. The Morgan fingerprint density at radius 1 is 1.21 bits per heavy atom. The lowest BCUT2D eigenvalue weighted by Crippen LogP contribution is -2.40. The molecule has 0 N–H and O–H groups in total. The van der Waals surface area contributed by atoms with Crippen molar-refractivity contribution in [2.75, 3.05) is 0 Å². The van der Waals surface area contributed by atoms with Gasteiger partial charge in [0.05, 0.1) is 6.42 Å². The summed E-state index contributed by atoms with van der Waals surface area (Å²) < 4.78 is 18.7.